The van der Waals surface area contributed by atoms with Crippen molar-refractivity contribution in [3.05, 3.63) is 22.7 Å². The number of ether oxygens (including phenoxy) is 2. The van der Waals surface area contributed by atoms with Crippen LogP contribution in [-0.2, 0) is 0 Å². The smallest absolute Gasteiger partial charge is 0.254 e. The topological polar surface area (TPSA) is 50.8 Å². The fourth-order valence-electron chi connectivity index (χ4n) is 2.64. The molecule has 1 unspecified atom stereocenters. The van der Waals surface area contributed by atoms with Gasteiger partial charge in [0.1, 0.15) is 0 Å². The van der Waals surface area contributed by atoms with Gasteiger partial charge < -0.3 is 19.7 Å². The van der Waals surface area contributed by atoms with Gasteiger partial charge in [0.05, 0.1) is 18.2 Å². The fraction of sp³-hybridized carbons (Fsp3) is 0.588. The number of nitrogens with one attached hydrogen (secondary N) is 1. The van der Waals surface area contributed by atoms with Gasteiger partial charge >= 0.3 is 0 Å². The van der Waals surface area contributed by atoms with E-state index in [4.69, 9.17) is 21.1 Å². The van der Waals surface area contributed by atoms with Crippen LogP contribution in [0.5, 0.6) is 11.5 Å². The van der Waals surface area contributed by atoms with Crippen molar-refractivity contribution in [2.45, 2.75) is 32.7 Å². The van der Waals surface area contributed by atoms with Gasteiger partial charge in [-0.25, -0.2) is 0 Å². The average Bonchev–Trinajstić information content (AvgIpc) is 3.07. The summed E-state index contributed by atoms with van der Waals surface area (Å²) in [7, 11) is 1.83. The van der Waals surface area contributed by atoms with E-state index in [1.807, 2.05) is 20.9 Å². The molecule has 1 amide bonds. The lowest BCUT2D eigenvalue weighted by atomic mass is 10.1. The number of rotatable bonds is 7. The van der Waals surface area contributed by atoms with E-state index in [0.29, 0.717) is 35.3 Å². The first-order valence-corrected chi connectivity index (χ1v) is 8.53. The van der Waals surface area contributed by atoms with Crippen LogP contribution in [0.1, 0.15) is 37.0 Å². The minimum Gasteiger partial charge on any atom is -0.490 e. The average molecular weight is 377 g/mol. The second kappa shape index (κ2) is 9.97. The third kappa shape index (κ3) is 4.91. The molecule has 1 aromatic rings. The molecule has 7 heteroatoms. The third-order valence-electron chi connectivity index (χ3n) is 3.91. The second-order valence-corrected chi connectivity index (χ2v) is 6.04. The summed E-state index contributed by atoms with van der Waals surface area (Å²) in [5.41, 5.74) is 0.525. The van der Waals surface area contributed by atoms with Crippen molar-refractivity contribution in [2.75, 3.05) is 33.4 Å². The minimum absolute atomic E-state index is 0. The zero-order valence-electron chi connectivity index (χ0n) is 14.4. The number of carbonyl (C=O) groups is 1. The summed E-state index contributed by atoms with van der Waals surface area (Å²) in [6.45, 7) is 6.72. The largest absolute Gasteiger partial charge is 0.490 e. The Morgan fingerprint density at radius 1 is 1.38 bits per heavy atom. The van der Waals surface area contributed by atoms with Crippen LogP contribution in [0.2, 0.25) is 5.02 Å². The lowest BCUT2D eigenvalue weighted by Crippen LogP contribution is -2.38. The molecule has 1 aliphatic heterocycles. The third-order valence-corrected chi connectivity index (χ3v) is 4.19. The first-order valence-electron chi connectivity index (χ1n) is 8.15. The molecular formula is C17H26Cl2N2O3. The van der Waals surface area contributed by atoms with Crippen LogP contribution in [0.25, 0.3) is 0 Å². The number of nitrogens with zero attached hydrogens (tertiary/aromatic N) is 1. The second-order valence-electron chi connectivity index (χ2n) is 5.63. The van der Waals surface area contributed by atoms with Crippen molar-refractivity contribution in [3.63, 3.8) is 0 Å². The van der Waals surface area contributed by atoms with Gasteiger partial charge in [-0.3, -0.25) is 4.79 Å². The van der Waals surface area contributed by atoms with Crippen LogP contribution in [0.15, 0.2) is 12.1 Å². The lowest BCUT2D eigenvalue weighted by molar-refractivity contribution is 0.0743. The summed E-state index contributed by atoms with van der Waals surface area (Å²) in [4.78, 5) is 14.5. The van der Waals surface area contributed by atoms with Crippen LogP contribution >= 0.6 is 24.0 Å². The van der Waals surface area contributed by atoms with E-state index in [1.165, 1.54) is 0 Å². The number of likely N-dealkylation sites (N-methyl/N-ethyl adjacent to an activating group) is 1. The van der Waals surface area contributed by atoms with Crippen LogP contribution in [0.4, 0.5) is 0 Å². The molecule has 2 rings (SSSR count). The number of carbonyl (C=O) groups excluding carboxylic acids is 1. The van der Waals surface area contributed by atoms with Gasteiger partial charge in [-0.05, 0) is 38.4 Å². The molecular weight excluding hydrogens is 351 g/mol. The molecule has 5 nitrogen and oxygen atoms in total. The lowest BCUT2D eigenvalue weighted by Gasteiger charge is -2.24. The predicted molar refractivity (Wildman–Crippen MR) is 99.0 cm³/mol. The number of halogens is 2. The Kier molecular flexibility index (Phi) is 8.67. The van der Waals surface area contributed by atoms with Crippen LogP contribution < -0.4 is 14.8 Å². The van der Waals surface area contributed by atoms with Crippen molar-refractivity contribution in [1.29, 1.82) is 0 Å². The van der Waals surface area contributed by atoms with Crippen molar-refractivity contribution < 1.29 is 14.3 Å². The molecule has 0 radical (unpaired) electrons. The van der Waals surface area contributed by atoms with E-state index in [2.05, 4.69) is 5.32 Å². The van der Waals surface area contributed by atoms with Crippen LogP contribution in [0.3, 0.4) is 0 Å². The maximum absolute atomic E-state index is 12.7. The Labute approximate surface area is 155 Å². The molecule has 136 valence electrons. The Morgan fingerprint density at radius 2 is 2.12 bits per heavy atom. The molecule has 1 aromatic carbocycles. The number of benzene rings is 1. The van der Waals surface area contributed by atoms with Crippen LogP contribution in [-0.4, -0.2) is 50.2 Å². The van der Waals surface area contributed by atoms with Gasteiger partial charge in [0.2, 0.25) is 0 Å². The Morgan fingerprint density at radius 3 is 2.71 bits per heavy atom. The molecule has 24 heavy (non-hydrogen) atoms. The highest BCUT2D eigenvalue weighted by Crippen LogP contribution is 2.37. The van der Waals surface area contributed by atoms with Crippen molar-refractivity contribution in [1.82, 2.24) is 10.2 Å². The first-order chi connectivity index (χ1) is 11.1. The molecule has 1 saturated heterocycles. The normalized spacial score (nSPS) is 16.4. The van der Waals surface area contributed by atoms with E-state index in [1.54, 1.807) is 17.0 Å². The fourth-order valence-corrected chi connectivity index (χ4v) is 2.90. The monoisotopic (exact) mass is 376 g/mol. The molecule has 1 atom stereocenters. The predicted octanol–water partition coefficient (Wildman–Crippen LogP) is 3.38. The van der Waals surface area contributed by atoms with Crippen molar-refractivity contribution in [3.8, 4) is 11.5 Å². The Bertz CT molecular complexity index is 549. The quantitative estimate of drug-likeness (QED) is 0.792. The molecule has 1 fully saturated rings. The highest BCUT2D eigenvalue weighted by Gasteiger charge is 2.25. The van der Waals surface area contributed by atoms with E-state index in [9.17, 15) is 4.79 Å². The summed E-state index contributed by atoms with van der Waals surface area (Å²) >= 11 is 6.33. The zero-order chi connectivity index (χ0) is 16.8. The molecule has 0 aliphatic carbocycles. The summed E-state index contributed by atoms with van der Waals surface area (Å²) in [5, 5.41) is 3.68. The first kappa shape index (κ1) is 20.9. The van der Waals surface area contributed by atoms with Crippen molar-refractivity contribution in [2.24, 2.45) is 0 Å². The van der Waals surface area contributed by atoms with E-state index >= 15 is 0 Å². The Hall–Kier alpha value is -1.17. The summed E-state index contributed by atoms with van der Waals surface area (Å²) in [5.74, 6) is 0.982. The van der Waals surface area contributed by atoms with E-state index in [0.717, 1.165) is 25.9 Å². The summed E-state index contributed by atoms with van der Waals surface area (Å²) in [6, 6.07) is 3.60. The van der Waals surface area contributed by atoms with Gasteiger partial charge in [-0.15, -0.1) is 12.4 Å². The Balaban J connectivity index is 0.00000288. The number of hydrogen-bond acceptors (Lipinski definition) is 4. The SMILES string of the molecule is CCCOc1c(Cl)cc(C(=O)N(C)C2CCNC2)cc1OCC.Cl. The van der Waals surface area contributed by atoms with Gasteiger partial charge in [-0.2, -0.15) is 0 Å². The zero-order valence-corrected chi connectivity index (χ0v) is 16.0. The van der Waals surface area contributed by atoms with Gasteiger partial charge in [-0.1, -0.05) is 18.5 Å². The maximum atomic E-state index is 12.7. The molecule has 1 heterocycles. The van der Waals surface area contributed by atoms with Gasteiger partial charge in [0.15, 0.2) is 11.5 Å². The minimum atomic E-state index is -0.0522. The molecule has 1 aliphatic rings. The molecule has 0 saturated carbocycles. The molecule has 0 aromatic heterocycles. The van der Waals surface area contributed by atoms with Crippen LogP contribution in [0, 0.1) is 0 Å². The maximum Gasteiger partial charge on any atom is 0.254 e. The molecule has 0 bridgehead atoms. The molecule has 0 spiro atoms. The highest BCUT2D eigenvalue weighted by atomic mass is 35.5. The summed E-state index contributed by atoms with van der Waals surface area (Å²) < 4.78 is 11.3. The van der Waals surface area contributed by atoms with E-state index in [-0.39, 0.29) is 24.4 Å². The highest BCUT2D eigenvalue weighted by molar-refractivity contribution is 6.32. The molecule has 1 N–H and O–H groups in total. The van der Waals surface area contributed by atoms with Crippen molar-refractivity contribution >= 4 is 29.9 Å². The standard InChI is InChI=1S/C17H25ClN2O3.ClH/c1-4-8-23-16-14(18)9-12(10-15(16)22-5-2)17(21)20(3)13-6-7-19-11-13;/h9-10,13,19H,4-8,11H2,1-3H3;1H. The number of hydrogen-bond donors (Lipinski definition) is 1. The number of amides is 1. The van der Waals surface area contributed by atoms with Gasteiger partial charge in [0, 0.05) is 25.2 Å². The van der Waals surface area contributed by atoms with Gasteiger partial charge in [0.25, 0.3) is 5.91 Å². The van der Waals surface area contributed by atoms with E-state index < -0.39 is 0 Å². The summed E-state index contributed by atoms with van der Waals surface area (Å²) in [6.07, 6.45) is 1.84.